The highest BCUT2D eigenvalue weighted by atomic mass is 35.5. The first-order valence-electron chi connectivity index (χ1n) is 12.0. The van der Waals surface area contributed by atoms with Crippen LogP contribution in [0.1, 0.15) is 76.0 Å². The van der Waals surface area contributed by atoms with Crippen molar-refractivity contribution in [3.63, 3.8) is 0 Å². The summed E-state index contributed by atoms with van der Waals surface area (Å²) in [5, 5.41) is 5.47. The Morgan fingerprint density at radius 1 is 1.29 bits per heavy atom. The van der Waals surface area contributed by atoms with Crippen LogP contribution in [0.25, 0.3) is 10.9 Å². The lowest BCUT2D eigenvalue weighted by molar-refractivity contribution is 0.0979. The molecule has 0 saturated carbocycles. The van der Waals surface area contributed by atoms with Gasteiger partial charge in [-0.25, -0.2) is 4.79 Å². The Labute approximate surface area is 191 Å². The number of fused-ring (bicyclic) bond motifs is 2. The summed E-state index contributed by atoms with van der Waals surface area (Å²) in [6.45, 7) is 14.2. The predicted molar refractivity (Wildman–Crippen MR) is 129 cm³/mol. The van der Waals surface area contributed by atoms with Gasteiger partial charge in [0.1, 0.15) is 5.15 Å². The summed E-state index contributed by atoms with van der Waals surface area (Å²) in [4.78, 5) is 20.7. The second kappa shape index (κ2) is 9.03. The highest BCUT2D eigenvalue weighted by molar-refractivity contribution is 6.32. The second-order valence-electron chi connectivity index (χ2n) is 9.53. The lowest BCUT2D eigenvalue weighted by atomic mass is 9.73. The number of aromatic nitrogens is 1. The Balaban J connectivity index is 1.73. The maximum atomic E-state index is 12.8. The first-order valence-corrected chi connectivity index (χ1v) is 12.4. The molecule has 1 fully saturated rings. The molecule has 3 atom stereocenters. The molecular weight excluding hydrogens is 408 g/mol. The van der Waals surface area contributed by atoms with E-state index in [1.165, 1.54) is 22.1 Å². The zero-order chi connectivity index (χ0) is 22.3. The fraction of sp³-hybridized carbons (Fsp3) is 0.640. The van der Waals surface area contributed by atoms with Gasteiger partial charge in [-0.15, -0.1) is 0 Å². The molecule has 6 heteroatoms. The van der Waals surface area contributed by atoms with Crippen molar-refractivity contribution in [3.8, 4) is 0 Å². The number of amides is 2. The predicted octanol–water partition coefficient (Wildman–Crippen LogP) is 5.49. The average Bonchev–Trinajstić information content (AvgIpc) is 3.05. The van der Waals surface area contributed by atoms with Gasteiger partial charge in [0.25, 0.3) is 0 Å². The minimum atomic E-state index is 0.0622. The van der Waals surface area contributed by atoms with Crippen LogP contribution in [0.15, 0.2) is 12.1 Å². The number of nitrogens with zero attached hydrogens (tertiary/aromatic N) is 2. The number of likely N-dealkylation sites (tertiary alicyclic amines) is 1. The maximum absolute atomic E-state index is 12.8. The van der Waals surface area contributed by atoms with Crippen LogP contribution in [-0.2, 0) is 6.42 Å². The zero-order valence-electron chi connectivity index (χ0n) is 19.6. The van der Waals surface area contributed by atoms with E-state index in [9.17, 15) is 4.79 Å². The first kappa shape index (κ1) is 22.5. The van der Waals surface area contributed by atoms with Crippen LogP contribution >= 0.6 is 11.6 Å². The van der Waals surface area contributed by atoms with E-state index in [2.05, 4.69) is 48.1 Å². The number of piperidine rings is 1. The lowest BCUT2D eigenvalue weighted by Gasteiger charge is -2.47. The van der Waals surface area contributed by atoms with Crippen LogP contribution in [0.4, 0.5) is 4.79 Å². The largest absolute Gasteiger partial charge is 0.345 e. The Morgan fingerprint density at radius 2 is 2.03 bits per heavy atom. The van der Waals surface area contributed by atoms with E-state index in [1.807, 2.05) is 18.7 Å². The van der Waals surface area contributed by atoms with Crippen molar-refractivity contribution in [2.45, 2.75) is 77.8 Å². The number of H-pyrrole nitrogens is 1. The van der Waals surface area contributed by atoms with Crippen molar-refractivity contribution in [1.29, 1.82) is 0 Å². The number of halogens is 1. The molecule has 31 heavy (non-hydrogen) atoms. The van der Waals surface area contributed by atoms with E-state index in [1.54, 1.807) is 0 Å². The molecule has 1 aromatic carbocycles. The van der Waals surface area contributed by atoms with Crippen LogP contribution in [-0.4, -0.2) is 59.1 Å². The van der Waals surface area contributed by atoms with Crippen molar-refractivity contribution in [3.05, 3.63) is 34.0 Å². The number of urea groups is 1. The van der Waals surface area contributed by atoms with E-state index in [4.69, 9.17) is 11.6 Å². The van der Waals surface area contributed by atoms with E-state index in [0.29, 0.717) is 17.9 Å². The lowest BCUT2D eigenvalue weighted by Crippen LogP contribution is -2.57. The maximum Gasteiger partial charge on any atom is 0.317 e. The summed E-state index contributed by atoms with van der Waals surface area (Å²) in [5.41, 5.74) is 5.20. The van der Waals surface area contributed by atoms with E-state index in [0.717, 1.165) is 56.1 Å². The fourth-order valence-electron chi connectivity index (χ4n) is 5.70. The van der Waals surface area contributed by atoms with Gasteiger partial charge in [0.05, 0.1) is 0 Å². The molecule has 1 aromatic heterocycles. The van der Waals surface area contributed by atoms with Gasteiger partial charge >= 0.3 is 6.03 Å². The Bertz CT molecular complexity index is 949. The number of hydrogen-bond donors (Lipinski definition) is 2. The quantitative estimate of drug-likeness (QED) is 0.619. The van der Waals surface area contributed by atoms with Gasteiger partial charge in [0.2, 0.25) is 0 Å². The SMILES string of the molecule is CCCN1C[C@@H](NC(=O)N(CC)CC)C[C@@H]2c3cc(C(C)C)cc4[nH]c(Cl)c(c34)C[C@H]21. The molecular formula is C25H37ClN4O. The van der Waals surface area contributed by atoms with Crippen LogP contribution < -0.4 is 5.32 Å². The van der Waals surface area contributed by atoms with E-state index < -0.39 is 0 Å². The molecule has 170 valence electrons. The molecule has 1 saturated heterocycles. The number of carbonyl (C=O) groups is 1. The van der Waals surface area contributed by atoms with Gasteiger partial charge in [0, 0.05) is 48.5 Å². The molecule has 5 nitrogen and oxygen atoms in total. The zero-order valence-corrected chi connectivity index (χ0v) is 20.4. The van der Waals surface area contributed by atoms with Crippen LogP contribution in [0, 0.1) is 0 Å². The summed E-state index contributed by atoms with van der Waals surface area (Å²) in [6, 6.07) is 5.34. The number of benzene rings is 1. The van der Waals surface area contributed by atoms with Gasteiger partial charge in [0.15, 0.2) is 0 Å². The molecule has 2 aromatic rings. The summed E-state index contributed by atoms with van der Waals surface area (Å²) in [6.07, 6.45) is 3.07. The molecule has 0 radical (unpaired) electrons. The van der Waals surface area contributed by atoms with Crippen LogP contribution in [0.2, 0.25) is 5.15 Å². The number of carbonyl (C=O) groups excluding carboxylic acids is 1. The van der Waals surface area contributed by atoms with Crippen molar-refractivity contribution in [2.24, 2.45) is 0 Å². The van der Waals surface area contributed by atoms with Gasteiger partial charge < -0.3 is 15.2 Å². The monoisotopic (exact) mass is 444 g/mol. The van der Waals surface area contributed by atoms with Gasteiger partial charge in [-0.2, -0.15) is 0 Å². The molecule has 0 spiro atoms. The van der Waals surface area contributed by atoms with Crippen molar-refractivity contribution in [2.75, 3.05) is 26.2 Å². The summed E-state index contributed by atoms with van der Waals surface area (Å²) in [7, 11) is 0. The molecule has 2 heterocycles. The van der Waals surface area contributed by atoms with Crippen LogP contribution in [0.3, 0.4) is 0 Å². The summed E-state index contributed by atoms with van der Waals surface area (Å²) >= 11 is 6.69. The third-order valence-corrected chi connectivity index (χ3v) is 7.62. The fourth-order valence-corrected chi connectivity index (χ4v) is 5.97. The summed E-state index contributed by atoms with van der Waals surface area (Å²) in [5.74, 6) is 0.864. The number of nitrogens with one attached hydrogen (secondary N) is 2. The average molecular weight is 445 g/mol. The van der Waals surface area contributed by atoms with E-state index in [-0.39, 0.29) is 12.1 Å². The minimum Gasteiger partial charge on any atom is -0.345 e. The normalized spacial score (nSPS) is 23.3. The van der Waals surface area contributed by atoms with Crippen molar-refractivity contribution < 1.29 is 4.79 Å². The Kier molecular flexibility index (Phi) is 6.55. The van der Waals surface area contributed by atoms with Crippen LogP contribution in [0.5, 0.6) is 0 Å². The first-order chi connectivity index (χ1) is 14.9. The molecule has 1 aliphatic carbocycles. The molecule has 2 aliphatic rings. The molecule has 2 N–H and O–H groups in total. The highest BCUT2D eigenvalue weighted by Gasteiger charge is 2.42. The Hall–Kier alpha value is -1.72. The van der Waals surface area contributed by atoms with Gasteiger partial charge in [-0.05, 0) is 68.3 Å². The van der Waals surface area contributed by atoms with Gasteiger partial charge in [-0.3, -0.25) is 4.90 Å². The number of hydrogen-bond acceptors (Lipinski definition) is 2. The van der Waals surface area contributed by atoms with Crippen molar-refractivity contribution >= 4 is 28.5 Å². The number of rotatable bonds is 6. The smallest absolute Gasteiger partial charge is 0.317 e. The molecule has 1 aliphatic heterocycles. The van der Waals surface area contributed by atoms with E-state index >= 15 is 0 Å². The molecule has 4 rings (SSSR count). The minimum absolute atomic E-state index is 0.0622. The second-order valence-corrected chi connectivity index (χ2v) is 9.91. The Morgan fingerprint density at radius 3 is 2.68 bits per heavy atom. The summed E-state index contributed by atoms with van der Waals surface area (Å²) < 4.78 is 0. The molecule has 0 bridgehead atoms. The standard InChI is InChI=1S/C25H37ClN4O/c1-6-9-30-14-17(27-25(31)29(7-2)8-3)12-18-19-10-16(15(4)5)11-21-23(19)20(13-22(18)30)24(26)28-21/h10-11,15,17-18,22,28H,6-9,12-14H2,1-5H3,(H,27,31)/t17-,18+,22+/m0/s1. The molecule has 2 amide bonds. The van der Waals surface area contributed by atoms with Crippen molar-refractivity contribution in [1.82, 2.24) is 20.1 Å². The third kappa shape index (κ3) is 4.07. The molecule has 0 unspecified atom stereocenters. The number of aromatic amines is 1. The highest BCUT2D eigenvalue weighted by Crippen LogP contribution is 2.46. The topological polar surface area (TPSA) is 51.4 Å². The third-order valence-electron chi connectivity index (χ3n) is 7.30. The van der Waals surface area contributed by atoms with Gasteiger partial charge in [-0.1, -0.05) is 38.4 Å².